The van der Waals surface area contributed by atoms with Gasteiger partial charge in [-0.15, -0.1) is 0 Å². The number of rotatable bonds is 4. The molecule has 0 aromatic rings. The van der Waals surface area contributed by atoms with E-state index in [2.05, 4.69) is 26.1 Å². The van der Waals surface area contributed by atoms with Crippen molar-refractivity contribution in [2.75, 3.05) is 7.05 Å². The summed E-state index contributed by atoms with van der Waals surface area (Å²) in [7, 11) is 1.91. The Hall–Kier alpha value is -0.730. The summed E-state index contributed by atoms with van der Waals surface area (Å²) in [6.07, 6.45) is 7.21. The number of urea groups is 1. The first kappa shape index (κ1) is 14.3. The van der Waals surface area contributed by atoms with Crippen molar-refractivity contribution in [1.29, 1.82) is 0 Å². The molecule has 17 heavy (non-hydrogen) atoms. The predicted molar refractivity (Wildman–Crippen MR) is 72.1 cm³/mol. The summed E-state index contributed by atoms with van der Waals surface area (Å²) >= 11 is 0. The number of carbonyl (C=O) groups excluding carboxylic acids is 1. The third-order valence-electron chi connectivity index (χ3n) is 3.73. The minimum Gasteiger partial charge on any atom is -0.335 e. The number of nitrogens with one attached hydrogen (secondary N) is 1. The molecule has 3 heteroatoms. The Labute approximate surface area is 106 Å². The first-order valence-corrected chi connectivity index (χ1v) is 7.04. The smallest absolute Gasteiger partial charge is 0.317 e. The highest BCUT2D eigenvalue weighted by Gasteiger charge is 2.20. The molecule has 1 unspecified atom stereocenters. The number of amides is 2. The monoisotopic (exact) mass is 240 g/mol. The Morgan fingerprint density at radius 1 is 1.24 bits per heavy atom. The Kier molecular flexibility index (Phi) is 5.79. The van der Waals surface area contributed by atoms with Crippen LogP contribution in [0.25, 0.3) is 0 Å². The molecule has 3 nitrogen and oxygen atoms in total. The zero-order valence-electron chi connectivity index (χ0n) is 11.8. The zero-order valence-corrected chi connectivity index (χ0v) is 11.8. The van der Waals surface area contributed by atoms with Crippen molar-refractivity contribution < 1.29 is 4.79 Å². The highest BCUT2D eigenvalue weighted by Crippen LogP contribution is 2.18. The lowest BCUT2D eigenvalue weighted by Crippen LogP contribution is -2.47. The largest absolute Gasteiger partial charge is 0.335 e. The van der Waals surface area contributed by atoms with E-state index in [1.54, 1.807) is 0 Å². The van der Waals surface area contributed by atoms with Crippen molar-refractivity contribution in [2.24, 2.45) is 5.92 Å². The fraction of sp³-hybridized carbons (Fsp3) is 0.929. The fourth-order valence-corrected chi connectivity index (χ4v) is 2.56. The van der Waals surface area contributed by atoms with Crippen molar-refractivity contribution in [3.05, 3.63) is 0 Å². The SMILES string of the molecule is CC(C)CC(C)N(C)C(=O)NC1CCCCC1. The zero-order chi connectivity index (χ0) is 12.8. The van der Waals surface area contributed by atoms with Crippen LogP contribution in [0.4, 0.5) is 4.79 Å². The maximum Gasteiger partial charge on any atom is 0.317 e. The normalized spacial score (nSPS) is 19.1. The van der Waals surface area contributed by atoms with Gasteiger partial charge >= 0.3 is 6.03 Å². The van der Waals surface area contributed by atoms with Gasteiger partial charge < -0.3 is 10.2 Å². The molecule has 0 aromatic carbocycles. The standard InChI is InChI=1S/C14H28N2O/c1-11(2)10-12(3)16(4)14(17)15-13-8-6-5-7-9-13/h11-13H,5-10H2,1-4H3,(H,15,17). The average molecular weight is 240 g/mol. The molecular formula is C14H28N2O. The van der Waals surface area contributed by atoms with E-state index in [-0.39, 0.29) is 6.03 Å². The first-order valence-electron chi connectivity index (χ1n) is 7.04. The van der Waals surface area contributed by atoms with Gasteiger partial charge in [-0.05, 0) is 32.1 Å². The molecule has 1 rings (SSSR count). The van der Waals surface area contributed by atoms with Crippen LogP contribution < -0.4 is 5.32 Å². The maximum absolute atomic E-state index is 12.0. The lowest BCUT2D eigenvalue weighted by molar-refractivity contribution is 0.179. The summed E-state index contributed by atoms with van der Waals surface area (Å²) < 4.78 is 0. The molecule has 1 aliphatic rings. The van der Waals surface area contributed by atoms with Crippen LogP contribution in [0.5, 0.6) is 0 Å². The summed E-state index contributed by atoms with van der Waals surface area (Å²) in [6.45, 7) is 6.52. The van der Waals surface area contributed by atoms with E-state index in [1.165, 1.54) is 19.3 Å². The van der Waals surface area contributed by atoms with Gasteiger partial charge in [0.05, 0.1) is 0 Å². The van der Waals surface area contributed by atoms with Gasteiger partial charge in [0.1, 0.15) is 0 Å². The topological polar surface area (TPSA) is 32.3 Å². The van der Waals surface area contributed by atoms with Crippen LogP contribution in [0.15, 0.2) is 0 Å². The Balaban J connectivity index is 2.34. The van der Waals surface area contributed by atoms with E-state index in [0.717, 1.165) is 19.3 Å². The molecule has 1 aliphatic carbocycles. The highest BCUT2D eigenvalue weighted by atomic mass is 16.2. The van der Waals surface area contributed by atoms with Crippen molar-refractivity contribution in [3.8, 4) is 0 Å². The molecule has 0 aromatic heterocycles. The van der Waals surface area contributed by atoms with E-state index in [4.69, 9.17) is 0 Å². The van der Waals surface area contributed by atoms with Gasteiger partial charge in [0.2, 0.25) is 0 Å². The van der Waals surface area contributed by atoms with Gasteiger partial charge in [-0.2, -0.15) is 0 Å². The van der Waals surface area contributed by atoms with E-state index in [9.17, 15) is 4.79 Å². The predicted octanol–water partition coefficient (Wildman–Crippen LogP) is 3.40. The van der Waals surface area contributed by atoms with Crippen LogP contribution in [-0.2, 0) is 0 Å². The summed E-state index contributed by atoms with van der Waals surface area (Å²) in [6, 6.07) is 0.827. The first-order chi connectivity index (χ1) is 8.00. The Bertz CT molecular complexity index is 234. The average Bonchev–Trinajstić information content (AvgIpc) is 2.28. The van der Waals surface area contributed by atoms with Crippen LogP contribution in [0.2, 0.25) is 0 Å². The second-order valence-corrected chi connectivity index (χ2v) is 5.87. The van der Waals surface area contributed by atoms with Crippen molar-refractivity contribution in [2.45, 2.75) is 71.4 Å². The lowest BCUT2D eigenvalue weighted by Gasteiger charge is -2.30. The lowest BCUT2D eigenvalue weighted by atomic mass is 9.96. The van der Waals surface area contributed by atoms with Crippen LogP contribution >= 0.6 is 0 Å². The molecule has 2 amide bonds. The minimum absolute atomic E-state index is 0.102. The van der Waals surface area contributed by atoms with Crippen LogP contribution in [-0.4, -0.2) is 30.1 Å². The molecule has 0 saturated heterocycles. The van der Waals surface area contributed by atoms with Gasteiger partial charge in [0, 0.05) is 19.1 Å². The van der Waals surface area contributed by atoms with Gasteiger partial charge in [0.15, 0.2) is 0 Å². The molecule has 1 fully saturated rings. The molecule has 100 valence electrons. The van der Waals surface area contributed by atoms with Crippen LogP contribution in [0.3, 0.4) is 0 Å². The second kappa shape index (κ2) is 6.87. The molecule has 0 heterocycles. The van der Waals surface area contributed by atoms with Gasteiger partial charge in [-0.1, -0.05) is 33.1 Å². The molecule has 0 radical (unpaired) electrons. The molecule has 0 aliphatic heterocycles. The highest BCUT2D eigenvalue weighted by molar-refractivity contribution is 5.74. The minimum atomic E-state index is 0.102. The Morgan fingerprint density at radius 3 is 2.35 bits per heavy atom. The summed E-state index contributed by atoms with van der Waals surface area (Å²) in [5.74, 6) is 0.634. The number of hydrogen-bond acceptors (Lipinski definition) is 1. The van der Waals surface area contributed by atoms with Crippen molar-refractivity contribution in [1.82, 2.24) is 10.2 Å². The summed E-state index contributed by atoms with van der Waals surface area (Å²) in [4.78, 5) is 13.9. The van der Waals surface area contributed by atoms with Gasteiger partial charge in [-0.25, -0.2) is 4.79 Å². The maximum atomic E-state index is 12.0. The van der Waals surface area contributed by atoms with Gasteiger partial charge in [-0.3, -0.25) is 0 Å². The molecule has 0 bridgehead atoms. The van der Waals surface area contributed by atoms with E-state index < -0.39 is 0 Å². The van der Waals surface area contributed by atoms with Crippen LogP contribution in [0, 0.1) is 5.92 Å². The van der Waals surface area contributed by atoms with Gasteiger partial charge in [0.25, 0.3) is 0 Å². The van der Waals surface area contributed by atoms with Crippen molar-refractivity contribution >= 4 is 6.03 Å². The Morgan fingerprint density at radius 2 is 1.82 bits per heavy atom. The summed E-state index contributed by atoms with van der Waals surface area (Å²) in [5.41, 5.74) is 0. The number of nitrogens with zero attached hydrogens (tertiary/aromatic N) is 1. The third kappa shape index (κ3) is 4.97. The molecular weight excluding hydrogens is 212 g/mol. The molecule has 1 saturated carbocycles. The molecule has 1 atom stereocenters. The van der Waals surface area contributed by atoms with E-state index >= 15 is 0 Å². The summed E-state index contributed by atoms with van der Waals surface area (Å²) in [5, 5.41) is 3.16. The second-order valence-electron chi connectivity index (χ2n) is 5.87. The van der Waals surface area contributed by atoms with E-state index in [1.807, 2.05) is 11.9 Å². The van der Waals surface area contributed by atoms with Crippen LogP contribution in [0.1, 0.15) is 59.3 Å². The molecule has 0 spiro atoms. The molecule has 1 N–H and O–H groups in total. The quantitative estimate of drug-likeness (QED) is 0.802. The van der Waals surface area contributed by atoms with Crippen molar-refractivity contribution in [3.63, 3.8) is 0 Å². The number of carbonyl (C=O) groups is 1. The number of hydrogen-bond donors (Lipinski definition) is 1. The fourth-order valence-electron chi connectivity index (χ4n) is 2.56. The van der Waals surface area contributed by atoms with E-state index in [0.29, 0.717) is 18.0 Å². The third-order valence-corrected chi connectivity index (χ3v) is 3.73.